The molecule has 0 spiro atoms. The van der Waals surface area contributed by atoms with Gasteiger partial charge in [0.1, 0.15) is 19.0 Å². The molecule has 3 amide bonds. The average Bonchev–Trinajstić information content (AvgIpc) is 2.71. The molecule has 1 aliphatic heterocycles. The van der Waals surface area contributed by atoms with Crippen molar-refractivity contribution in [1.82, 2.24) is 5.32 Å². The number of esters is 1. The minimum atomic E-state index is -0.745. The van der Waals surface area contributed by atoms with Crippen molar-refractivity contribution < 1.29 is 33.4 Å². The molecule has 2 aliphatic carbocycles. The van der Waals surface area contributed by atoms with Crippen molar-refractivity contribution in [2.75, 3.05) is 25.1 Å². The average molecular weight is 416 g/mol. The first-order valence-corrected chi connectivity index (χ1v) is 10.2. The van der Waals surface area contributed by atoms with Crippen LogP contribution in [-0.2, 0) is 19.1 Å². The van der Waals surface area contributed by atoms with E-state index in [9.17, 15) is 19.2 Å². The Hall–Kier alpha value is -3.10. The number of hydrogen-bond acceptors (Lipinski definition) is 7. The summed E-state index contributed by atoms with van der Waals surface area (Å²) in [6, 6.07) is 4.14. The van der Waals surface area contributed by atoms with Gasteiger partial charge in [0.2, 0.25) is 0 Å². The van der Waals surface area contributed by atoms with Crippen molar-refractivity contribution in [3.63, 3.8) is 0 Å². The van der Waals surface area contributed by atoms with Gasteiger partial charge in [0, 0.05) is 23.6 Å². The molecular formula is C21H24N2O7. The van der Waals surface area contributed by atoms with Gasteiger partial charge in [-0.2, -0.15) is 0 Å². The summed E-state index contributed by atoms with van der Waals surface area (Å²) in [6.07, 6.45) is 3.63. The molecule has 4 rings (SSSR count). The van der Waals surface area contributed by atoms with Gasteiger partial charge in [-0.1, -0.05) is 6.42 Å². The van der Waals surface area contributed by atoms with E-state index in [1.165, 1.54) is 0 Å². The second kappa shape index (κ2) is 8.73. The van der Waals surface area contributed by atoms with Crippen LogP contribution in [0.15, 0.2) is 18.2 Å². The first kappa shape index (κ1) is 20.2. The molecule has 1 unspecified atom stereocenters. The number of amides is 3. The molecule has 2 fully saturated rings. The maximum Gasteiger partial charge on any atom is 0.325 e. The number of hydrogen-bond donors (Lipinski definition) is 2. The van der Waals surface area contributed by atoms with E-state index in [4.69, 9.17) is 14.2 Å². The van der Waals surface area contributed by atoms with Crippen LogP contribution in [0.5, 0.6) is 11.5 Å². The Morgan fingerprint density at radius 3 is 2.47 bits per heavy atom. The Kier molecular flexibility index (Phi) is 5.87. The molecule has 2 bridgehead atoms. The summed E-state index contributed by atoms with van der Waals surface area (Å²) in [5.74, 6) is -0.358. The molecule has 2 N–H and O–H groups in total. The normalized spacial score (nSPS) is 24.5. The van der Waals surface area contributed by atoms with Crippen molar-refractivity contribution >= 4 is 29.4 Å². The quantitative estimate of drug-likeness (QED) is 0.721. The van der Waals surface area contributed by atoms with Crippen molar-refractivity contribution in [2.45, 2.75) is 32.1 Å². The third-order valence-corrected chi connectivity index (χ3v) is 5.78. The van der Waals surface area contributed by atoms with Gasteiger partial charge in [0.25, 0.3) is 5.91 Å². The molecule has 3 aliphatic rings. The van der Waals surface area contributed by atoms with Crippen LogP contribution >= 0.6 is 0 Å². The monoisotopic (exact) mass is 416 g/mol. The van der Waals surface area contributed by atoms with Gasteiger partial charge in [0.15, 0.2) is 18.1 Å². The number of nitrogens with one attached hydrogen (secondary N) is 2. The summed E-state index contributed by atoms with van der Waals surface area (Å²) in [5.41, 5.74) is 0.431. The lowest BCUT2D eigenvalue weighted by Gasteiger charge is -2.36. The highest BCUT2D eigenvalue weighted by molar-refractivity contribution is 6.02. The molecule has 1 aromatic rings. The molecule has 0 aromatic heterocycles. The molecule has 1 aromatic carbocycles. The lowest BCUT2D eigenvalue weighted by Crippen LogP contribution is -2.41. The molecule has 160 valence electrons. The minimum absolute atomic E-state index is 0.0688. The third kappa shape index (κ3) is 4.55. The van der Waals surface area contributed by atoms with E-state index in [0.717, 1.165) is 19.3 Å². The number of carbonyl (C=O) groups is 4. The predicted octanol–water partition coefficient (Wildman–Crippen LogP) is 2.04. The molecular weight excluding hydrogens is 392 g/mol. The van der Waals surface area contributed by atoms with Gasteiger partial charge >= 0.3 is 12.0 Å². The number of ether oxygens (including phenoxy) is 3. The van der Waals surface area contributed by atoms with E-state index in [1.807, 2.05) is 0 Å². The van der Waals surface area contributed by atoms with Crippen LogP contribution in [0.1, 0.15) is 32.1 Å². The number of imide groups is 1. The Morgan fingerprint density at radius 2 is 1.73 bits per heavy atom. The molecule has 0 saturated heterocycles. The van der Waals surface area contributed by atoms with E-state index in [0.29, 0.717) is 43.2 Å². The van der Waals surface area contributed by atoms with Crippen LogP contribution in [0.3, 0.4) is 0 Å². The number of rotatable bonds is 4. The summed E-state index contributed by atoms with van der Waals surface area (Å²) < 4.78 is 15.9. The van der Waals surface area contributed by atoms with E-state index < -0.39 is 24.5 Å². The lowest BCUT2D eigenvalue weighted by molar-refractivity contribution is -0.156. The van der Waals surface area contributed by atoms with Crippen molar-refractivity contribution in [3.8, 4) is 11.5 Å². The smallest absolute Gasteiger partial charge is 0.325 e. The zero-order valence-corrected chi connectivity index (χ0v) is 16.5. The highest BCUT2D eigenvalue weighted by Gasteiger charge is 2.41. The molecule has 9 nitrogen and oxygen atoms in total. The Balaban J connectivity index is 1.22. The van der Waals surface area contributed by atoms with E-state index >= 15 is 0 Å². The van der Waals surface area contributed by atoms with Gasteiger partial charge in [-0.25, -0.2) is 4.79 Å². The minimum Gasteiger partial charge on any atom is -0.486 e. The standard InChI is InChI=1S/C21H24N2O7/c24-18(11-30-20(26)14-8-12-2-1-3-13(9-14)19(12)25)23-21(27)22-15-4-5-16-17(10-15)29-7-6-28-16/h4-5,10,12-14H,1-3,6-9,11H2,(H2,22,23,24,27)/t12-,13+,14?. The Bertz CT molecular complexity index is 853. The topological polar surface area (TPSA) is 120 Å². The fraction of sp³-hybridized carbons (Fsp3) is 0.524. The predicted molar refractivity (Wildman–Crippen MR) is 104 cm³/mol. The molecule has 2 saturated carbocycles. The van der Waals surface area contributed by atoms with E-state index in [2.05, 4.69) is 10.6 Å². The van der Waals surface area contributed by atoms with Crippen molar-refractivity contribution in [1.29, 1.82) is 0 Å². The fourth-order valence-corrected chi connectivity index (χ4v) is 4.37. The van der Waals surface area contributed by atoms with Crippen molar-refractivity contribution in [3.05, 3.63) is 18.2 Å². The third-order valence-electron chi connectivity index (χ3n) is 5.78. The van der Waals surface area contributed by atoms with E-state index in [-0.39, 0.29) is 23.5 Å². The van der Waals surface area contributed by atoms with Gasteiger partial charge in [-0.3, -0.25) is 19.7 Å². The Labute approximate surface area is 173 Å². The molecule has 0 radical (unpaired) electrons. The first-order valence-electron chi connectivity index (χ1n) is 10.2. The van der Waals surface area contributed by atoms with E-state index in [1.54, 1.807) is 18.2 Å². The van der Waals surface area contributed by atoms with Crippen LogP contribution in [0.25, 0.3) is 0 Å². The Morgan fingerprint density at radius 1 is 1.03 bits per heavy atom. The summed E-state index contributed by atoms with van der Waals surface area (Å²) in [4.78, 5) is 48.4. The van der Waals surface area contributed by atoms with Gasteiger partial charge in [0.05, 0.1) is 5.92 Å². The largest absolute Gasteiger partial charge is 0.486 e. The molecule has 30 heavy (non-hydrogen) atoms. The van der Waals surface area contributed by atoms with Gasteiger partial charge in [-0.05, 0) is 37.8 Å². The van der Waals surface area contributed by atoms with Crippen LogP contribution in [0.2, 0.25) is 0 Å². The van der Waals surface area contributed by atoms with Crippen LogP contribution in [0.4, 0.5) is 10.5 Å². The van der Waals surface area contributed by atoms with Crippen LogP contribution in [0, 0.1) is 17.8 Å². The molecule has 9 heteroatoms. The fourth-order valence-electron chi connectivity index (χ4n) is 4.37. The maximum atomic E-state index is 12.3. The second-order valence-electron chi connectivity index (χ2n) is 7.86. The number of urea groups is 1. The SMILES string of the molecule is O=C(COC(=O)C1C[C@H]2CCC[C@@H](C1)C2=O)NC(=O)Nc1ccc2c(c1)OCCO2. The zero-order valence-electron chi connectivity index (χ0n) is 16.5. The number of anilines is 1. The van der Waals surface area contributed by atoms with Crippen molar-refractivity contribution in [2.24, 2.45) is 17.8 Å². The number of fused-ring (bicyclic) bond motifs is 3. The highest BCUT2D eigenvalue weighted by atomic mass is 16.6. The number of carbonyl (C=O) groups excluding carboxylic acids is 4. The van der Waals surface area contributed by atoms with Gasteiger partial charge < -0.3 is 19.5 Å². The summed E-state index contributed by atoms with van der Waals surface area (Å²) in [7, 11) is 0. The highest BCUT2D eigenvalue weighted by Crippen LogP contribution is 2.40. The zero-order chi connectivity index (χ0) is 21.1. The second-order valence-corrected chi connectivity index (χ2v) is 7.86. The summed E-state index contributed by atoms with van der Waals surface area (Å²) >= 11 is 0. The molecule has 3 atom stereocenters. The summed E-state index contributed by atoms with van der Waals surface area (Å²) in [6.45, 7) is 0.336. The maximum absolute atomic E-state index is 12.3. The first-order chi connectivity index (χ1) is 14.5. The lowest BCUT2D eigenvalue weighted by atomic mass is 9.67. The van der Waals surface area contributed by atoms with Crippen LogP contribution < -0.4 is 20.1 Å². The number of ketones is 1. The van der Waals surface area contributed by atoms with Crippen LogP contribution in [-0.4, -0.2) is 43.5 Å². The number of benzene rings is 1. The van der Waals surface area contributed by atoms with Gasteiger partial charge in [-0.15, -0.1) is 0 Å². The number of Topliss-reactive ketones (excluding diaryl/α,β-unsaturated/α-hetero) is 1. The molecule has 1 heterocycles. The summed E-state index contributed by atoms with van der Waals surface area (Å²) in [5, 5.41) is 4.64.